The van der Waals surface area contributed by atoms with Crippen molar-refractivity contribution in [3.63, 3.8) is 0 Å². The summed E-state index contributed by atoms with van der Waals surface area (Å²) in [5.74, 6) is 0. The Kier molecular flexibility index (Phi) is 3.41. The monoisotopic (exact) mass is 235 g/mol. The third-order valence-corrected chi connectivity index (χ3v) is 3.34. The van der Waals surface area contributed by atoms with E-state index >= 15 is 0 Å². The van der Waals surface area contributed by atoms with Gasteiger partial charge in [-0.1, -0.05) is 6.07 Å². The van der Waals surface area contributed by atoms with E-state index in [1.807, 2.05) is 6.92 Å². The third-order valence-electron chi connectivity index (χ3n) is 2.40. The lowest BCUT2D eigenvalue weighted by Crippen LogP contribution is -2.20. The number of likely N-dealkylation sites (N-methyl/N-ethyl adjacent to an activating group) is 1. The lowest BCUT2D eigenvalue weighted by molar-refractivity contribution is 0.425. The van der Waals surface area contributed by atoms with E-state index < -0.39 is 0 Å². The number of aryl methyl sites for hydroxylation is 1. The van der Waals surface area contributed by atoms with Crippen LogP contribution in [0.5, 0.6) is 0 Å². The summed E-state index contributed by atoms with van der Waals surface area (Å²) in [4.78, 5) is 6.72. The van der Waals surface area contributed by atoms with Crippen LogP contribution in [-0.2, 0) is 0 Å². The molecule has 0 fully saturated rings. The number of hydrogen-bond donors (Lipinski definition) is 1. The molecular weight excluding hydrogens is 218 g/mol. The van der Waals surface area contributed by atoms with Gasteiger partial charge in [0.1, 0.15) is 5.52 Å². The van der Waals surface area contributed by atoms with Gasteiger partial charge < -0.3 is 10.2 Å². The molecule has 1 N–H and O–H groups in total. The van der Waals surface area contributed by atoms with Crippen LogP contribution in [0.4, 0.5) is 5.69 Å². The molecule has 0 atom stereocenters. The first-order chi connectivity index (χ1) is 7.66. The summed E-state index contributed by atoms with van der Waals surface area (Å²) in [6.45, 7) is 4.02. The molecule has 0 spiro atoms. The maximum absolute atomic E-state index is 4.55. The largest absolute Gasteiger partial charge is 0.382 e. The van der Waals surface area contributed by atoms with Crippen molar-refractivity contribution in [1.29, 1.82) is 0 Å². The van der Waals surface area contributed by atoms with E-state index in [-0.39, 0.29) is 0 Å². The highest BCUT2D eigenvalue weighted by Gasteiger charge is 2.04. The lowest BCUT2D eigenvalue weighted by Gasteiger charge is -2.11. The number of aromatic nitrogens is 1. The number of rotatable bonds is 4. The van der Waals surface area contributed by atoms with Crippen molar-refractivity contribution in [2.24, 2.45) is 0 Å². The number of nitrogens with one attached hydrogen (secondary N) is 1. The molecule has 0 aliphatic carbocycles. The van der Waals surface area contributed by atoms with Gasteiger partial charge >= 0.3 is 0 Å². The van der Waals surface area contributed by atoms with Crippen molar-refractivity contribution in [2.75, 3.05) is 32.5 Å². The predicted octanol–water partition coefficient (Wildman–Crippen LogP) is 2.58. The van der Waals surface area contributed by atoms with Crippen molar-refractivity contribution < 1.29 is 0 Å². The van der Waals surface area contributed by atoms with Crippen LogP contribution < -0.4 is 5.32 Å². The van der Waals surface area contributed by atoms with Crippen molar-refractivity contribution >= 4 is 27.2 Å². The summed E-state index contributed by atoms with van der Waals surface area (Å²) in [6.07, 6.45) is 0. The van der Waals surface area contributed by atoms with Gasteiger partial charge in [-0.2, -0.15) is 0 Å². The Bertz CT molecular complexity index is 476. The Labute approximate surface area is 100 Å². The van der Waals surface area contributed by atoms with Gasteiger partial charge in [0.2, 0.25) is 0 Å². The van der Waals surface area contributed by atoms with E-state index in [9.17, 15) is 0 Å². The molecule has 0 unspecified atom stereocenters. The smallest absolute Gasteiger partial charge is 0.105 e. The summed E-state index contributed by atoms with van der Waals surface area (Å²) in [7, 11) is 4.16. The SMILES string of the molecule is Cc1nc2c(NCCN(C)C)cccc2s1. The zero-order valence-electron chi connectivity index (χ0n) is 9.95. The van der Waals surface area contributed by atoms with Crippen LogP contribution in [0.1, 0.15) is 5.01 Å². The molecule has 0 amide bonds. The highest BCUT2D eigenvalue weighted by atomic mass is 32.1. The summed E-state index contributed by atoms with van der Waals surface area (Å²) in [5.41, 5.74) is 2.24. The minimum absolute atomic E-state index is 0.947. The first-order valence-corrected chi connectivity index (χ1v) is 6.23. The van der Waals surface area contributed by atoms with Gasteiger partial charge in [-0.25, -0.2) is 4.98 Å². The number of anilines is 1. The zero-order chi connectivity index (χ0) is 11.5. The number of thiazole rings is 1. The zero-order valence-corrected chi connectivity index (χ0v) is 10.8. The van der Waals surface area contributed by atoms with Crippen LogP contribution in [0.25, 0.3) is 10.2 Å². The summed E-state index contributed by atoms with van der Waals surface area (Å²) in [6, 6.07) is 6.30. The average Bonchev–Trinajstić information content (AvgIpc) is 2.58. The minimum Gasteiger partial charge on any atom is -0.382 e. The van der Waals surface area contributed by atoms with Crippen LogP contribution in [-0.4, -0.2) is 37.1 Å². The Morgan fingerprint density at radius 1 is 1.38 bits per heavy atom. The van der Waals surface area contributed by atoms with Gasteiger partial charge in [0.25, 0.3) is 0 Å². The fraction of sp³-hybridized carbons (Fsp3) is 0.417. The van der Waals surface area contributed by atoms with E-state index in [0.29, 0.717) is 0 Å². The number of para-hydroxylation sites is 1. The molecule has 3 nitrogen and oxygen atoms in total. The number of hydrogen-bond acceptors (Lipinski definition) is 4. The standard InChI is InChI=1S/C12H17N3S/c1-9-14-12-10(13-7-8-15(2)3)5-4-6-11(12)16-9/h4-6,13H,7-8H2,1-3H3. The molecule has 2 rings (SSSR count). The van der Waals surface area contributed by atoms with Gasteiger partial charge in [0.05, 0.1) is 15.4 Å². The van der Waals surface area contributed by atoms with Gasteiger partial charge in [-0.3, -0.25) is 0 Å². The van der Waals surface area contributed by atoms with Crippen molar-refractivity contribution in [3.05, 3.63) is 23.2 Å². The van der Waals surface area contributed by atoms with Crippen LogP contribution in [0, 0.1) is 6.92 Å². The van der Waals surface area contributed by atoms with Gasteiger partial charge in [0.15, 0.2) is 0 Å². The highest BCUT2D eigenvalue weighted by Crippen LogP contribution is 2.27. The van der Waals surface area contributed by atoms with Crippen LogP contribution in [0.3, 0.4) is 0 Å². The number of benzene rings is 1. The van der Waals surface area contributed by atoms with Crippen molar-refractivity contribution in [1.82, 2.24) is 9.88 Å². The van der Waals surface area contributed by atoms with Gasteiger partial charge in [-0.05, 0) is 33.2 Å². The molecule has 86 valence electrons. The normalized spacial score (nSPS) is 11.2. The summed E-state index contributed by atoms with van der Waals surface area (Å²) >= 11 is 1.74. The molecule has 0 radical (unpaired) electrons. The molecule has 1 aromatic heterocycles. The third kappa shape index (κ3) is 2.51. The topological polar surface area (TPSA) is 28.2 Å². The second kappa shape index (κ2) is 4.80. The molecule has 16 heavy (non-hydrogen) atoms. The molecule has 1 heterocycles. The molecule has 0 bridgehead atoms. The Balaban J connectivity index is 2.17. The van der Waals surface area contributed by atoms with Gasteiger partial charge in [0, 0.05) is 13.1 Å². The highest BCUT2D eigenvalue weighted by molar-refractivity contribution is 7.18. The molecule has 0 aliphatic heterocycles. The Morgan fingerprint density at radius 2 is 2.19 bits per heavy atom. The minimum atomic E-state index is 0.947. The second-order valence-corrected chi connectivity index (χ2v) is 5.35. The number of fused-ring (bicyclic) bond motifs is 1. The first kappa shape index (κ1) is 11.4. The summed E-state index contributed by atoms with van der Waals surface area (Å²) < 4.78 is 1.26. The van der Waals surface area contributed by atoms with Crippen LogP contribution >= 0.6 is 11.3 Å². The van der Waals surface area contributed by atoms with Crippen molar-refractivity contribution in [3.8, 4) is 0 Å². The summed E-state index contributed by atoms with van der Waals surface area (Å²) in [5, 5.41) is 4.56. The fourth-order valence-corrected chi connectivity index (χ4v) is 2.47. The molecule has 0 aliphatic rings. The van der Waals surface area contributed by atoms with Crippen LogP contribution in [0.15, 0.2) is 18.2 Å². The molecule has 1 aromatic carbocycles. The molecular formula is C12H17N3S. The van der Waals surface area contributed by atoms with Gasteiger partial charge in [-0.15, -0.1) is 11.3 Å². The number of nitrogens with zero attached hydrogens (tertiary/aromatic N) is 2. The maximum Gasteiger partial charge on any atom is 0.105 e. The predicted molar refractivity (Wildman–Crippen MR) is 71.4 cm³/mol. The van der Waals surface area contributed by atoms with E-state index in [1.165, 1.54) is 4.70 Å². The quantitative estimate of drug-likeness (QED) is 0.883. The van der Waals surface area contributed by atoms with E-state index in [0.717, 1.165) is 29.3 Å². The maximum atomic E-state index is 4.55. The Hall–Kier alpha value is -1.13. The molecule has 0 saturated carbocycles. The molecule has 4 heteroatoms. The van der Waals surface area contributed by atoms with E-state index in [1.54, 1.807) is 11.3 Å². The fourth-order valence-electron chi connectivity index (χ4n) is 1.62. The van der Waals surface area contributed by atoms with Crippen LogP contribution in [0.2, 0.25) is 0 Å². The Morgan fingerprint density at radius 3 is 2.94 bits per heavy atom. The first-order valence-electron chi connectivity index (χ1n) is 5.41. The molecule has 2 aromatic rings. The van der Waals surface area contributed by atoms with Crippen molar-refractivity contribution in [2.45, 2.75) is 6.92 Å². The molecule has 0 saturated heterocycles. The van der Waals surface area contributed by atoms with E-state index in [2.05, 4.69) is 47.5 Å². The lowest BCUT2D eigenvalue weighted by atomic mass is 10.3. The van der Waals surface area contributed by atoms with E-state index in [4.69, 9.17) is 0 Å². The second-order valence-electron chi connectivity index (χ2n) is 4.12. The average molecular weight is 235 g/mol.